The Balaban J connectivity index is 0.000000241. The quantitative estimate of drug-likeness (QED) is 0.133. The van der Waals surface area contributed by atoms with Gasteiger partial charge in [0.1, 0.15) is 0 Å². The molecule has 10 nitrogen and oxygen atoms in total. The van der Waals surface area contributed by atoms with Gasteiger partial charge in [0.05, 0.1) is 50.7 Å². The molecule has 0 radical (unpaired) electrons. The molecule has 0 saturated carbocycles. The molecule has 2 heterocycles. The van der Waals surface area contributed by atoms with Crippen LogP contribution in [0.15, 0.2) is 43.1 Å². The van der Waals surface area contributed by atoms with Gasteiger partial charge >= 0.3 is 11.9 Å². The topological polar surface area (TPSA) is 139 Å². The fourth-order valence-corrected chi connectivity index (χ4v) is 7.22. The van der Waals surface area contributed by atoms with Crippen LogP contribution in [0, 0.1) is 27.7 Å². The van der Waals surface area contributed by atoms with Crippen LogP contribution in [0.2, 0.25) is 10.0 Å². The first-order valence-electron chi connectivity index (χ1n) is 13.3. The van der Waals surface area contributed by atoms with E-state index in [0.717, 1.165) is 28.0 Å². The molecule has 0 unspecified atom stereocenters. The maximum atomic E-state index is 12.2. The molecule has 2 aromatic carbocycles. The smallest absolute Gasteiger partial charge is 0.338 e. The van der Waals surface area contributed by atoms with Crippen molar-refractivity contribution in [3.05, 3.63) is 68.0 Å². The summed E-state index contributed by atoms with van der Waals surface area (Å²) in [6.07, 6.45) is 2.97. The Hall–Kier alpha value is -3.32. The first-order chi connectivity index (χ1) is 20.7. The number of thioether (sulfide) groups is 1. The monoisotopic (exact) mass is 682 g/mol. The van der Waals surface area contributed by atoms with Crippen LogP contribution in [-0.4, -0.2) is 56.4 Å². The number of aromatic nitrogens is 2. The summed E-state index contributed by atoms with van der Waals surface area (Å²) in [5.41, 5.74) is 4.19. The third-order valence-corrected chi connectivity index (χ3v) is 9.12. The van der Waals surface area contributed by atoms with E-state index in [2.05, 4.69) is 10.3 Å². The number of carbonyl (C=O) groups is 2. The van der Waals surface area contributed by atoms with E-state index in [4.69, 9.17) is 41.7 Å². The number of hydrogen-bond donors (Lipinski definition) is 0. The normalized spacial score (nSPS) is 11.1. The molecule has 0 atom stereocenters. The lowest BCUT2D eigenvalue weighted by Gasteiger charge is -2.14. The second-order valence-electron chi connectivity index (χ2n) is 9.55. The van der Waals surface area contributed by atoms with Gasteiger partial charge in [-0.15, -0.1) is 11.8 Å². The van der Waals surface area contributed by atoms with E-state index >= 15 is 0 Å². The molecule has 0 bridgehead atoms. The first kappa shape index (κ1) is 35.2. The molecule has 4 rings (SSSR count). The van der Waals surface area contributed by atoms with Crippen LogP contribution in [0.1, 0.15) is 57.1 Å². The van der Waals surface area contributed by atoms with Crippen molar-refractivity contribution in [2.24, 2.45) is 0 Å². The van der Waals surface area contributed by atoms with Crippen molar-refractivity contribution in [1.29, 1.82) is 0 Å². The summed E-state index contributed by atoms with van der Waals surface area (Å²) in [5.74, 6) is -0.137. The van der Waals surface area contributed by atoms with Crippen LogP contribution >= 0.6 is 35.0 Å². The molecule has 0 fully saturated rings. The van der Waals surface area contributed by atoms with Crippen LogP contribution in [0.5, 0.6) is 0 Å². The standard InChI is InChI=1S/C15H16ClNO5S.C15H16ClNO3S/c1-5-21-15(18)10-7-11(16)14(23(4,19)20)13(9(10)3)12-6-8(2)17-22-12;1-5-19-15(18)10-7-11(16)14(21-4)13(9(10)3)12-6-8(2)17-20-12/h6-7H,5H2,1-4H3;6-7H,5H2,1-4H3. The third kappa shape index (κ3) is 7.66. The molecule has 0 amide bonds. The highest BCUT2D eigenvalue weighted by Gasteiger charge is 2.28. The van der Waals surface area contributed by atoms with Crippen LogP contribution < -0.4 is 0 Å². The Morgan fingerprint density at radius 1 is 0.795 bits per heavy atom. The number of aryl methyl sites for hydroxylation is 2. The van der Waals surface area contributed by atoms with Gasteiger partial charge in [0.2, 0.25) is 0 Å². The summed E-state index contributed by atoms with van der Waals surface area (Å²) in [5, 5.41) is 8.11. The number of ether oxygens (including phenoxy) is 2. The zero-order valence-electron chi connectivity index (χ0n) is 25.5. The van der Waals surface area contributed by atoms with Gasteiger partial charge in [0.15, 0.2) is 21.4 Å². The van der Waals surface area contributed by atoms with E-state index in [1.807, 2.05) is 26.2 Å². The molecular formula is C30H32Cl2N2O8S2. The van der Waals surface area contributed by atoms with E-state index in [1.165, 1.54) is 17.8 Å². The molecule has 4 aromatic rings. The van der Waals surface area contributed by atoms with Gasteiger partial charge in [-0.05, 0) is 71.1 Å². The molecule has 0 aliphatic carbocycles. The fraction of sp³-hybridized carbons (Fsp3) is 0.333. The van der Waals surface area contributed by atoms with Gasteiger partial charge in [0.25, 0.3) is 0 Å². The Kier molecular flexibility index (Phi) is 11.7. The Bertz CT molecular complexity index is 1810. The summed E-state index contributed by atoms with van der Waals surface area (Å²) in [7, 11) is -3.65. The van der Waals surface area contributed by atoms with Gasteiger partial charge in [-0.25, -0.2) is 18.0 Å². The van der Waals surface area contributed by atoms with Gasteiger partial charge in [0, 0.05) is 34.4 Å². The molecule has 44 heavy (non-hydrogen) atoms. The van der Waals surface area contributed by atoms with Crippen molar-refractivity contribution in [1.82, 2.24) is 10.3 Å². The summed E-state index contributed by atoms with van der Waals surface area (Å²) in [4.78, 5) is 24.9. The van der Waals surface area contributed by atoms with Crippen molar-refractivity contribution in [2.75, 3.05) is 25.7 Å². The van der Waals surface area contributed by atoms with Crippen molar-refractivity contribution >= 4 is 56.7 Å². The van der Waals surface area contributed by atoms with Crippen molar-refractivity contribution in [3.8, 4) is 22.6 Å². The van der Waals surface area contributed by atoms with Gasteiger partial charge in [-0.2, -0.15) is 0 Å². The summed E-state index contributed by atoms with van der Waals surface area (Å²) >= 11 is 14.0. The zero-order valence-corrected chi connectivity index (χ0v) is 28.6. The second kappa shape index (κ2) is 14.6. The highest BCUT2D eigenvalue weighted by Crippen LogP contribution is 2.41. The highest BCUT2D eigenvalue weighted by atomic mass is 35.5. The molecule has 0 spiro atoms. The first-order valence-corrected chi connectivity index (χ1v) is 17.1. The molecule has 0 aliphatic rings. The number of carbonyl (C=O) groups excluding carboxylic acids is 2. The molecule has 2 aromatic heterocycles. The van der Waals surface area contributed by atoms with Crippen LogP contribution in [0.25, 0.3) is 22.6 Å². The minimum absolute atomic E-state index is 0.0646. The second-order valence-corrected chi connectivity index (χ2v) is 13.1. The number of nitrogens with zero attached hydrogens (tertiary/aromatic N) is 2. The van der Waals surface area contributed by atoms with Crippen molar-refractivity contribution in [2.45, 2.75) is 51.3 Å². The highest BCUT2D eigenvalue weighted by molar-refractivity contribution is 7.98. The van der Waals surface area contributed by atoms with Crippen LogP contribution in [-0.2, 0) is 19.3 Å². The zero-order chi connectivity index (χ0) is 32.9. The summed E-state index contributed by atoms with van der Waals surface area (Å²) in [6, 6.07) is 6.36. The lowest BCUT2D eigenvalue weighted by Crippen LogP contribution is -2.11. The predicted molar refractivity (Wildman–Crippen MR) is 170 cm³/mol. The largest absolute Gasteiger partial charge is 0.462 e. The molecule has 14 heteroatoms. The molecule has 0 N–H and O–H groups in total. The molecule has 0 saturated heterocycles. The lowest BCUT2D eigenvalue weighted by atomic mass is 10.00. The Labute approximate surface area is 270 Å². The van der Waals surface area contributed by atoms with Crippen molar-refractivity contribution < 1.29 is 36.5 Å². The minimum atomic E-state index is -3.65. The van der Waals surface area contributed by atoms with E-state index < -0.39 is 15.8 Å². The number of sulfone groups is 1. The van der Waals surface area contributed by atoms with Crippen LogP contribution in [0.4, 0.5) is 0 Å². The van der Waals surface area contributed by atoms with Crippen LogP contribution in [0.3, 0.4) is 0 Å². The van der Waals surface area contributed by atoms with E-state index in [0.29, 0.717) is 34.2 Å². The average molecular weight is 684 g/mol. The summed E-state index contributed by atoms with van der Waals surface area (Å²) in [6.45, 7) is 11.0. The summed E-state index contributed by atoms with van der Waals surface area (Å²) < 4.78 is 44.9. The minimum Gasteiger partial charge on any atom is -0.462 e. The van der Waals surface area contributed by atoms with Crippen molar-refractivity contribution in [3.63, 3.8) is 0 Å². The maximum absolute atomic E-state index is 12.2. The average Bonchev–Trinajstić information content (AvgIpc) is 3.57. The Morgan fingerprint density at radius 2 is 1.23 bits per heavy atom. The predicted octanol–water partition coefficient (Wildman–Crippen LogP) is 7.70. The Morgan fingerprint density at radius 3 is 1.61 bits per heavy atom. The number of rotatable bonds is 8. The maximum Gasteiger partial charge on any atom is 0.338 e. The third-order valence-electron chi connectivity index (χ3n) is 6.30. The lowest BCUT2D eigenvalue weighted by molar-refractivity contribution is 0.0516. The SMILES string of the molecule is CCOC(=O)c1cc(Cl)c(S(C)(=O)=O)c(-c2cc(C)no2)c1C.CCOC(=O)c1cc(Cl)c(SC)c(-c2cc(C)no2)c1C. The molecule has 0 aliphatic heterocycles. The van der Waals surface area contributed by atoms with Gasteiger partial charge < -0.3 is 18.5 Å². The number of esters is 2. The molecule has 236 valence electrons. The molecular weight excluding hydrogens is 651 g/mol. The van der Waals surface area contributed by atoms with E-state index in [1.54, 1.807) is 39.8 Å². The number of halogens is 2. The van der Waals surface area contributed by atoms with Gasteiger partial charge in [-0.1, -0.05) is 33.5 Å². The number of benzene rings is 2. The fourth-order valence-electron chi connectivity index (χ4n) is 4.41. The van der Waals surface area contributed by atoms with E-state index in [-0.39, 0.29) is 39.4 Å². The number of hydrogen-bond acceptors (Lipinski definition) is 11. The van der Waals surface area contributed by atoms with E-state index in [9.17, 15) is 18.0 Å². The van der Waals surface area contributed by atoms with Gasteiger partial charge in [-0.3, -0.25) is 0 Å².